The van der Waals surface area contributed by atoms with Crippen LogP contribution in [-0.2, 0) is 11.2 Å². The van der Waals surface area contributed by atoms with Crippen LogP contribution in [0.15, 0.2) is 22.7 Å². The van der Waals surface area contributed by atoms with E-state index >= 15 is 0 Å². The maximum absolute atomic E-state index is 13.7. The van der Waals surface area contributed by atoms with E-state index in [1.54, 1.807) is 12.1 Å². The van der Waals surface area contributed by atoms with Crippen molar-refractivity contribution in [3.63, 3.8) is 0 Å². The van der Waals surface area contributed by atoms with Crippen molar-refractivity contribution in [2.24, 2.45) is 5.92 Å². The number of hydrogen-bond acceptors (Lipinski definition) is 2. The van der Waals surface area contributed by atoms with Crippen molar-refractivity contribution < 1.29 is 14.2 Å². The highest BCUT2D eigenvalue weighted by Crippen LogP contribution is 2.20. The SMILES string of the molecule is CCOC(C(C)C)C(O)Cc1ccc(Br)cc1F. The van der Waals surface area contributed by atoms with E-state index in [9.17, 15) is 9.50 Å². The van der Waals surface area contributed by atoms with E-state index in [1.807, 2.05) is 20.8 Å². The maximum Gasteiger partial charge on any atom is 0.127 e. The van der Waals surface area contributed by atoms with E-state index in [-0.39, 0.29) is 24.3 Å². The normalized spacial score (nSPS) is 14.8. The van der Waals surface area contributed by atoms with Crippen molar-refractivity contribution in [1.82, 2.24) is 0 Å². The van der Waals surface area contributed by atoms with Gasteiger partial charge in [0.05, 0.1) is 12.2 Å². The Morgan fingerprint density at radius 3 is 2.56 bits per heavy atom. The van der Waals surface area contributed by atoms with E-state index < -0.39 is 6.10 Å². The summed E-state index contributed by atoms with van der Waals surface area (Å²) in [6.45, 7) is 6.41. The van der Waals surface area contributed by atoms with E-state index in [0.717, 1.165) is 0 Å². The summed E-state index contributed by atoms with van der Waals surface area (Å²) in [5.74, 6) is -0.110. The number of benzene rings is 1. The topological polar surface area (TPSA) is 29.5 Å². The van der Waals surface area contributed by atoms with Gasteiger partial charge in [0.1, 0.15) is 5.82 Å². The molecule has 0 spiro atoms. The number of aliphatic hydroxyl groups excluding tert-OH is 1. The first-order chi connectivity index (χ1) is 8.45. The third-order valence-corrected chi connectivity index (χ3v) is 3.33. The van der Waals surface area contributed by atoms with Crippen molar-refractivity contribution in [3.8, 4) is 0 Å². The van der Waals surface area contributed by atoms with E-state index in [0.29, 0.717) is 16.6 Å². The van der Waals surface area contributed by atoms with Crippen molar-refractivity contribution in [2.45, 2.75) is 39.4 Å². The highest BCUT2D eigenvalue weighted by atomic mass is 79.9. The Morgan fingerprint density at radius 2 is 2.06 bits per heavy atom. The van der Waals surface area contributed by atoms with Gasteiger partial charge >= 0.3 is 0 Å². The number of halogens is 2. The molecule has 4 heteroatoms. The van der Waals surface area contributed by atoms with Crippen LogP contribution in [-0.4, -0.2) is 23.9 Å². The molecule has 2 unspecified atom stereocenters. The van der Waals surface area contributed by atoms with E-state index in [2.05, 4.69) is 15.9 Å². The summed E-state index contributed by atoms with van der Waals surface area (Å²) in [4.78, 5) is 0. The minimum Gasteiger partial charge on any atom is -0.390 e. The highest BCUT2D eigenvalue weighted by Gasteiger charge is 2.24. The Bertz CT molecular complexity index is 382. The van der Waals surface area contributed by atoms with Crippen molar-refractivity contribution in [3.05, 3.63) is 34.1 Å². The molecule has 0 amide bonds. The zero-order chi connectivity index (χ0) is 13.7. The second-order valence-electron chi connectivity index (χ2n) is 4.67. The van der Waals surface area contributed by atoms with Crippen molar-refractivity contribution in [2.75, 3.05) is 6.61 Å². The molecule has 0 aliphatic carbocycles. The van der Waals surface area contributed by atoms with Crippen LogP contribution < -0.4 is 0 Å². The molecule has 1 rings (SSSR count). The van der Waals surface area contributed by atoms with Crippen molar-refractivity contribution >= 4 is 15.9 Å². The summed E-state index contributed by atoms with van der Waals surface area (Å²) in [5, 5.41) is 10.2. The van der Waals surface area contributed by atoms with Gasteiger partial charge in [0, 0.05) is 17.5 Å². The zero-order valence-corrected chi connectivity index (χ0v) is 12.6. The Labute approximate surface area is 116 Å². The first kappa shape index (κ1) is 15.6. The predicted molar refractivity (Wildman–Crippen MR) is 74.1 cm³/mol. The average molecular weight is 319 g/mol. The van der Waals surface area contributed by atoms with Gasteiger partial charge in [0.25, 0.3) is 0 Å². The molecule has 0 saturated heterocycles. The fourth-order valence-electron chi connectivity index (χ4n) is 1.97. The standard InChI is InChI=1S/C14H20BrFO2/c1-4-18-14(9(2)3)13(17)7-10-5-6-11(15)8-12(10)16/h5-6,8-9,13-14,17H,4,7H2,1-3H3. The van der Waals surface area contributed by atoms with Gasteiger partial charge in [-0.2, -0.15) is 0 Å². The molecular weight excluding hydrogens is 299 g/mol. The summed E-state index contributed by atoms with van der Waals surface area (Å²) < 4.78 is 19.9. The molecule has 1 aromatic rings. The van der Waals surface area contributed by atoms with Gasteiger partial charge < -0.3 is 9.84 Å². The Morgan fingerprint density at radius 1 is 1.39 bits per heavy atom. The van der Waals surface area contributed by atoms with Crippen LogP contribution in [0.1, 0.15) is 26.3 Å². The molecule has 2 atom stereocenters. The van der Waals surface area contributed by atoms with Crippen LogP contribution in [0.2, 0.25) is 0 Å². The summed E-state index contributed by atoms with van der Waals surface area (Å²) >= 11 is 3.21. The van der Waals surface area contributed by atoms with Gasteiger partial charge in [-0.25, -0.2) is 4.39 Å². The first-order valence-electron chi connectivity index (χ1n) is 6.19. The van der Waals surface area contributed by atoms with Crippen LogP contribution in [0, 0.1) is 11.7 Å². The molecule has 0 aliphatic heterocycles. The quantitative estimate of drug-likeness (QED) is 0.869. The lowest BCUT2D eigenvalue weighted by Crippen LogP contribution is -2.35. The van der Waals surface area contributed by atoms with Crippen LogP contribution in [0.25, 0.3) is 0 Å². The molecule has 0 aliphatic rings. The van der Waals surface area contributed by atoms with Crippen LogP contribution in [0.5, 0.6) is 0 Å². The smallest absolute Gasteiger partial charge is 0.127 e. The fourth-order valence-corrected chi connectivity index (χ4v) is 2.30. The number of rotatable bonds is 6. The Hall–Kier alpha value is -0.450. The van der Waals surface area contributed by atoms with E-state index in [1.165, 1.54) is 6.07 Å². The van der Waals surface area contributed by atoms with Gasteiger partial charge in [-0.1, -0.05) is 35.8 Å². The van der Waals surface area contributed by atoms with E-state index in [4.69, 9.17) is 4.74 Å². The molecule has 0 saturated carbocycles. The molecule has 1 N–H and O–H groups in total. The molecule has 0 bridgehead atoms. The first-order valence-corrected chi connectivity index (χ1v) is 6.98. The maximum atomic E-state index is 13.7. The van der Waals surface area contributed by atoms with Gasteiger partial charge in [-0.3, -0.25) is 0 Å². The average Bonchev–Trinajstić information content (AvgIpc) is 2.29. The van der Waals surface area contributed by atoms with Gasteiger partial charge in [-0.15, -0.1) is 0 Å². The number of ether oxygens (including phenoxy) is 1. The molecule has 0 fully saturated rings. The second-order valence-corrected chi connectivity index (χ2v) is 5.59. The molecule has 2 nitrogen and oxygen atoms in total. The van der Waals surface area contributed by atoms with Gasteiger partial charge in [0.15, 0.2) is 0 Å². The fraction of sp³-hybridized carbons (Fsp3) is 0.571. The van der Waals surface area contributed by atoms with Crippen LogP contribution in [0.4, 0.5) is 4.39 Å². The van der Waals surface area contributed by atoms with Gasteiger partial charge in [-0.05, 0) is 30.5 Å². The monoisotopic (exact) mass is 318 g/mol. The molecule has 0 aromatic heterocycles. The summed E-state index contributed by atoms with van der Waals surface area (Å²) in [5.41, 5.74) is 0.510. The Balaban J connectivity index is 2.75. The zero-order valence-electron chi connectivity index (χ0n) is 11.0. The van der Waals surface area contributed by atoms with Crippen molar-refractivity contribution in [1.29, 1.82) is 0 Å². The minimum absolute atomic E-state index is 0.193. The minimum atomic E-state index is -0.694. The molecule has 0 heterocycles. The van der Waals surface area contributed by atoms with Gasteiger partial charge in [0.2, 0.25) is 0 Å². The number of aliphatic hydroxyl groups is 1. The van der Waals surface area contributed by atoms with Crippen LogP contribution >= 0.6 is 15.9 Å². The largest absolute Gasteiger partial charge is 0.390 e. The Kier molecular flexibility index (Phi) is 6.26. The summed E-state index contributed by atoms with van der Waals surface area (Å²) in [7, 11) is 0. The highest BCUT2D eigenvalue weighted by molar-refractivity contribution is 9.10. The van der Waals surface area contributed by atoms with Crippen LogP contribution in [0.3, 0.4) is 0 Å². The lowest BCUT2D eigenvalue weighted by Gasteiger charge is -2.26. The second kappa shape index (κ2) is 7.22. The third-order valence-electron chi connectivity index (χ3n) is 2.84. The number of hydrogen-bond donors (Lipinski definition) is 1. The molecule has 102 valence electrons. The molecule has 0 radical (unpaired) electrons. The third kappa shape index (κ3) is 4.34. The summed E-state index contributed by atoms with van der Waals surface area (Å²) in [6.07, 6.45) is -0.694. The molecular formula is C14H20BrFO2. The predicted octanol–water partition coefficient (Wildman–Crippen LogP) is 3.55. The lowest BCUT2D eigenvalue weighted by atomic mass is 9.96. The molecule has 18 heavy (non-hydrogen) atoms. The summed E-state index contributed by atoms with van der Waals surface area (Å²) in [6, 6.07) is 4.87. The lowest BCUT2D eigenvalue weighted by molar-refractivity contribution is -0.0564. The molecule has 1 aromatic carbocycles.